The van der Waals surface area contributed by atoms with Crippen LogP contribution < -0.4 is 19.7 Å². The fraction of sp³-hybridized carbons (Fsp3) is 0.217. The van der Waals surface area contributed by atoms with Gasteiger partial charge in [-0.2, -0.15) is 0 Å². The third kappa shape index (κ3) is 4.61. The maximum absolute atomic E-state index is 13.1. The first-order valence-corrected chi connectivity index (χ1v) is 9.69. The molecular formula is C23H22N2O7. The average molecular weight is 438 g/mol. The molecule has 1 saturated heterocycles. The number of carbonyl (C=O) groups excluding carboxylic acids is 4. The number of barbiturate groups is 1. The highest BCUT2D eigenvalue weighted by Gasteiger charge is 2.37. The summed E-state index contributed by atoms with van der Waals surface area (Å²) in [5, 5.41) is 2.16. The van der Waals surface area contributed by atoms with Crippen LogP contribution in [0.1, 0.15) is 29.8 Å². The molecule has 4 amide bonds. The lowest BCUT2D eigenvalue weighted by Gasteiger charge is -2.26. The van der Waals surface area contributed by atoms with E-state index in [2.05, 4.69) is 10.1 Å². The van der Waals surface area contributed by atoms with Crippen LogP contribution in [-0.4, -0.2) is 44.1 Å². The summed E-state index contributed by atoms with van der Waals surface area (Å²) in [4.78, 5) is 50.4. The van der Waals surface area contributed by atoms with Crippen LogP contribution in [0.2, 0.25) is 0 Å². The number of nitrogens with one attached hydrogen (secondary N) is 1. The van der Waals surface area contributed by atoms with Gasteiger partial charge in [0.2, 0.25) is 0 Å². The first kappa shape index (κ1) is 22.5. The van der Waals surface area contributed by atoms with Crippen molar-refractivity contribution in [1.29, 1.82) is 0 Å². The van der Waals surface area contributed by atoms with Crippen LogP contribution in [0.5, 0.6) is 11.5 Å². The quantitative estimate of drug-likeness (QED) is 0.419. The largest absolute Gasteiger partial charge is 0.497 e. The maximum atomic E-state index is 13.1. The Labute approximate surface area is 184 Å². The molecule has 1 heterocycles. The molecule has 1 N–H and O–H groups in total. The Morgan fingerprint density at radius 3 is 2.31 bits per heavy atom. The second-order valence-electron chi connectivity index (χ2n) is 7.07. The van der Waals surface area contributed by atoms with Gasteiger partial charge in [-0.1, -0.05) is 0 Å². The lowest BCUT2D eigenvalue weighted by Crippen LogP contribution is -2.54. The van der Waals surface area contributed by atoms with Crippen molar-refractivity contribution in [2.75, 3.05) is 19.1 Å². The fourth-order valence-corrected chi connectivity index (χ4v) is 3.03. The van der Waals surface area contributed by atoms with Gasteiger partial charge in [-0.05, 0) is 56.3 Å². The summed E-state index contributed by atoms with van der Waals surface area (Å²) in [7, 11) is 2.76. The summed E-state index contributed by atoms with van der Waals surface area (Å²) in [5.41, 5.74) is 0.655. The van der Waals surface area contributed by atoms with E-state index in [9.17, 15) is 19.2 Å². The number of carbonyl (C=O) groups is 4. The van der Waals surface area contributed by atoms with E-state index in [4.69, 9.17) is 9.47 Å². The normalized spacial score (nSPS) is 15.1. The van der Waals surface area contributed by atoms with Gasteiger partial charge < -0.3 is 14.2 Å². The molecule has 2 aromatic carbocycles. The van der Waals surface area contributed by atoms with Gasteiger partial charge >= 0.3 is 12.0 Å². The number of amides is 4. The number of esters is 1. The SMILES string of the molecule is COC(=O)c1ccc(N2C(=O)NC(=O)/C(=C\c3ccc(OC)cc3OC(C)C)C2=O)cc1. The van der Waals surface area contributed by atoms with Crippen molar-refractivity contribution in [1.82, 2.24) is 5.32 Å². The first-order valence-electron chi connectivity index (χ1n) is 9.69. The number of rotatable bonds is 6. The van der Waals surface area contributed by atoms with E-state index in [0.717, 1.165) is 4.90 Å². The highest BCUT2D eigenvalue weighted by atomic mass is 16.5. The van der Waals surface area contributed by atoms with Crippen molar-refractivity contribution in [3.8, 4) is 11.5 Å². The number of benzene rings is 2. The van der Waals surface area contributed by atoms with Gasteiger partial charge in [0.05, 0.1) is 31.6 Å². The van der Waals surface area contributed by atoms with Crippen LogP contribution in [0, 0.1) is 0 Å². The molecule has 0 radical (unpaired) electrons. The summed E-state index contributed by atoms with van der Waals surface area (Å²) in [6, 6.07) is 9.73. The molecular weight excluding hydrogens is 416 g/mol. The van der Waals surface area contributed by atoms with E-state index in [1.54, 1.807) is 18.2 Å². The molecule has 1 fully saturated rings. The van der Waals surface area contributed by atoms with Crippen LogP contribution in [-0.2, 0) is 14.3 Å². The van der Waals surface area contributed by atoms with E-state index >= 15 is 0 Å². The van der Waals surface area contributed by atoms with E-state index < -0.39 is 23.8 Å². The molecule has 0 saturated carbocycles. The molecule has 3 rings (SSSR count). The third-order valence-corrected chi connectivity index (χ3v) is 4.53. The molecule has 1 aliphatic rings. The molecule has 0 bridgehead atoms. The molecule has 0 spiro atoms. The number of hydrogen-bond acceptors (Lipinski definition) is 7. The summed E-state index contributed by atoms with van der Waals surface area (Å²) in [6.07, 6.45) is 1.19. The van der Waals surface area contributed by atoms with Crippen molar-refractivity contribution < 1.29 is 33.4 Å². The van der Waals surface area contributed by atoms with E-state index in [1.807, 2.05) is 13.8 Å². The van der Waals surface area contributed by atoms with Gasteiger partial charge in [-0.15, -0.1) is 0 Å². The zero-order chi connectivity index (χ0) is 23.4. The third-order valence-electron chi connectivity index (χ3n) is 4.53. The molecule has 2 aromatic rings. The van der Waals surface area contributed by atoms with Crippen LogP contribution in [0.25, 0.3) is 6.08 Å². The van der Waals surface area contributed by atoms with Gasteiger partial charge in [0.1, 0.15) is 17.1 Å². The number of ether oxygens (including phenoxy) is 3. The van der Waals surface area contributed by atoms with Crippen molar-refractivity contribution in [2.45, 2.75) is 20.0 Å². The topological polar surface area (TPSA) is 111 Å². The Morgan fingerprint density at radius 2 is 1.72 bits per heavy atom. The van der Waals surface area contributed by atoms with Crippen LogP contribution in [0.3, 0.4) is 0 Å². The van der Waals surface area contributed by atoms with Crippen LogP contribution in [0.15, 0.2) is 48.0 Å². The number of nitrogens with zero attached hydrogens (tertiary/aromatic N) is 1. The molecule has 0 aliphatic carbocycles. The number of anilines is 1. The molecule has 0 atom stereocenters. The Hall–Kier alpha value is -4.14. The van der Waals surface area contributed by atoms with Crippen molar-refractivity contribution in [3.63, 3.8) is 0 Å². The predicted molar refractivity (Wildman–Crippen MR) is 116 cm³/mol. The van der Waals surface area contributed by atoms with E-state index in [-0.39, 0.29) is 22.9 Å². The standard InChI is InChI=1S/C23H22N2O7/c1-13(2)32-19-12-17(30-3)10-7-15(19)11-18-20(26)24-23(29)25(21(18)27)16-8-5-14(6-9-16)22(28)31-4/h5-13H,1-4H3,(H,24,26,29)/b18-11+. The van der Waals surface area contributed by atoms with E-state index in [0.29, 0.717) is 17.1 Å². The first-order chi connectivity index (χ1) is 15.2. The summed E-state index contributed by atoms with van der Waals surface area (Å²) >= 11 is 0. The minimum absolute atomic E-state index is 0.165. The minimum atomic E-state index is -0.892. The second kappa shape index (κ2) is 9.34. The molecule has 0 unspecified atom stereocenters. The van der Waals surface area contributed by atoms with Gasteiger partial charge in [0, 0.05) is 11.6 Å². The number of methoxy groups -OCH3 is 2. The Morgan fingerprint density at radius 1 is 1.03 bits per heavy atom. The predicted octanol–water partition coefficient (Wildman–Crippen LogP) is 2.94. The summed E-state index contributed by atoms with van der Waals surface area (Å²) < 4.78 is 15.6. The molecule has 9 nitrogen and oxygen atoms in total. The second-order valence-corrected chi connectivity index (χ2v) is 7.07. The van der Waals surface area contributed by atoms with Crippen molar-refractivity contribution in [2.24, 2.45) is 0 Å². The Bertz CT molecular complexity index is 1100. The number of hydrogen-bond donors (Lipinski definition) is 1. The smallest absolute Gasteiger partial charge is 0.337 e. The molecule has 166 valence electrons. The minimum Gasteiger partial charge on any atom is -0.497 e. The average Bonchev–Trinajstić information content (AvgIpc) is 2.76. The Kier molecular flexibility index (Phi) is 6.58. The van der Waals surface area contributed by atoms with Gasteiger partial charge in [0.15, 0.2) is 0 Å². The van der Waals surface area contributed by atoms with Crippen LogP contribution in [0.4, 0.5) is 10.5 Å². The molecule has 0 aromatic heterocycles. The van der Waals surface area contributed by atoms with Crippen molar-refractivity contribution >= 4 is 35.6 Å². The molecule has 1 aliphatic heterocycles. The monoisotopic (exact) mass is 438 g/mol. The highest BCUT2D eigenvalue weighted by Crippen LogP contribution is 2.29. The summed E-state index contributed by atoms with van der Waals surface area (Å²) in [6.45, 7) is 3.68. The molecule has 9 heteroatoms. The van der Waals surface area contributed by atoms with Gasteiger partial charge in [-0.25, -0.2) is 14.5 Å². The fourth-order valence-electron chi connectivity index (χ4n) is 3.03. The lowest BCUT2D eigenvalue weighted by atomic mass is 10.1. The maximum Gasteiger partial charge on any atom is 0.337 e. The van der Waals surface area contributed by atoms with Crippen molar-refractivity contribution in [3.05, 3.63) is 59.2 Å². The van der Waals surface area contributed by atoms with Gasteiger partial charge in [-0.3, -0.25) is 14.9 Å². The summed E-state index contributed by atoms with van der Waals surface area (Å²) in [5.74, 6) is -1.23. The van der Waals surface area contributed by atoms with Gasteiger partial charge in [0.25, 0.3) is 11.8 Å². The number of imide groups is 2. The zero-order valence-corrected chi connectivity index (χ0v) is 18.0. The molecule has 32 heavy (non-hydrogen) atoms. The highest BCUT2D eigenvalue weighted by molar-refractivity contribution is 6.39. The van der Waals surface area contributed by atoms with Crippen LogP contribution >= 0.6 is 0 Å². The lowest BCUT2D eigenvalue weighted by molar-refractivity contribution is -0.122. The number of urea groups is 1. The Balaban J connectivity index is 2.00. The zero-order valence-electron chi connectivity index (χ0n) is 18.0. The van der Waals surface area contributed by atoms with E-state index in [1.165, 1.54) is 44.6 Å².